The Morgan fingerprint density at radius 1 is 1.35 bits per heavy atom. The molecule has 0 saturated heterocycles. The van der Waals surface area contributed by atoms with Crippen molar-refractivity contribution < 1.29 is 14.6 Å². The number of hydrogen-bond acceptors (Lipinski definition) is 4. The van der Waals surface area contributed by atoms with E-state index in [-0.39, 0.29) is 12.6 Å². The van der Waals surface area contributed by atoms with Crippen LogP contribution in [-0.2, 0) is 6.54 Å². The third kappa shape index (κ3) is 4.85. The number of aliphatic hydroxyl groups is 1. The van der Waals surface area contributed by atoms with Gasteiger partial charge in [-0.1, -0.05) is 25.4 Å². The molecular weight excluding hydrogens is 278 g/mol. The highest BCUT2D eigenvalue weighted by Gasteiger charge is 2.14. The predicted molar refractivity (Wildman–Crippen MR) is 81.8 cm³/mol. The number of benzene rings is 1. The van der Waals surface area contributed by atoms with Gasteiger partial charge in [0.25, 0.3) is 0 Å². The zero-order valence-corrected chi connectivity index (χ0v) is 13.2. The molecule has 0 fully saturated rings. The van der Waals surface area contributed by atoms with E-state index in [1.54, 1.807) is 13.2 Å². The molecule has 5 heteroatoms. The maximum absolute atomic E-state index is 9.23. The van der Waals surface area contributed by atoms with Gasteiger partial charge in [-0.15, -0.1) is 0 Å². The van der Waals surface area contributed by atoms with Gasteiger partial charge in [-0.25, -0.2) is 0 Å². The van der Waals surface area contributed by atoms with Gasteiger partial charge < -0.3 is 19.9 Å². The summed E-state index contributed by atoms with van der Waals surface area (Å²) in [7, 11) is 1.60. The van der Waals surface area contributed by atoms with Gasteiger partial charge in [-0.3, -0.25) is 0 Å². The standard InChI is InChI=1S/C15H24ClNO3/c1-4-6-20-15-11(9-17-13(5-2)10-18)7-12(16)8-14(15)19-3/h7-8,13,17-18H,4-6,9-10H2,1-3H3. The topological polar surface area (TPSA) is 50.7 Å². The van der Waals surface area contributed by atoms with Crippen LogP contribution in [-0.4, -0.2) is 31.5 Å². The van der Waals surface area contributed by atoms with Crippen molar-refractivity contribution in [3.63, 3.8) is 0 Å². The van der Waals surface area contributed by atoms with Gasteiger partial charge in [0.2, 0.25) is 0 Å². The molecular formula is C15H24ClNO3. The van der Waals surface area contributed by atoms with Crippen molar-refractivity contribution >= 4 is 11.6 Å². The van der Waals surface area contributed by atoms with Crippen LogP contribution < -0.4 is 14.8 Å². The summed E-state index contributed by atoms with van der Waals surface area (Å²) in [6.45, 7) is 5.40. The number of ether oxygens (including phenoxy) is 2. The first-order valence-electron chi connectivity index (χ1n) is 6.99. The van der Waals surface area contributed by atoms with Crippen LogP contribution in [0.3, 0.4) is 0 Å². The first-order valence-corrected chi connectivity index (χ1v) is 7.37. The van der Waals surface area contributed by atoms with E-state index in [0.717, 1.165) is 24.2 Å². The second kappa shape index (κ2) is 9.06. The number of nitrogens with one attached hydrogen (secondary N) is 1. The molecule has 1 rings (SSSR count). The molecule has 0 amide bonds. The molecule has 0 heterocycles. The summed E-state index contributed by atoms with van der Waals surface area (Å²) in [5.74, 6) is 1.36. The smallest absolute Gasteiger partial charge is 0.165 e. The Balaban J connectivity index is 2.93. The average Bonchev–Trinajstić information content (AvgIpc) is 2.46. The van der Waals surface area contributed by atoms with E-state index < -0.39 is 0 Å². The Morgan fingerprint density at radius 2 is 2.10 bits per heavy atom. The van der Waals surface area contributed by atoms with E-state index >= 15 is 0 Å². The summed E-state index contributed by atoms with van der Waals surface area (Å²) in [5, 5.41) is 13.1. The van der Waals surface area contributed by atoms with Crippen molar-refractivity contribution in [3.05, 3.63) is 22.7 Å². The van der Waals surface area contributed by atoms with Crippen LogP contribution in [0.5, 0.6) is 11.5 Å². The molecule has 0 aliphatic rings. The minimum Gasteiger partial charge on any atom is -0.493 e. The normalized spacial score (nSPS) is 12.2. The molecule has 114 valence electrons. The number of hydrogen-bond donors (Lipinski definition) is 2. The third-order valence-electron chi connectivity index (χ3n) is 3.06. The first-order chi connectivity index (χ1) is 9.65. The highest BCUT2D eigenvalue weighted by atomic mass is 35.5. The molecule has 1 unspecified atom stereocenters. The molecule has 0 aromatic heterocycles. The molecule has 1 aromatic rings. The highest BCUT2D eigenvalue weighted by molar-refractivity contribution is 6.30. The lowest BCUT2D eigenvalue weighted by Gasteiger charge is -2.18. The molecule has 1 aromatic carbocycles. The monoisotopic (exact) mass is 301 g/mol. The van der Waals surface area contributed by atoms with Gasteiger partial charge in [0.15, 0.2) is 11.5 Å². The van der Waals surface area contributed by atoms with E-state index in [9.17, 15) is 5.11 Å². The van der Waals surface area contributed by atoms with Gasteiger partial charge in [-0.2, -0.15) is 0 Å². The number of aliphatic hydroxyl groups excluding tert-OH is 1. The number of methoxy groups -OCH3 is 1. The molecule has 0 aliphatic heterocycles. The molecule has 0 spiro atoms. The summed E-state index contributed by atoms with van der Waals surface area (Å²) in [4.78, 5) is 0. The fraction of sp³-hybridized carbons (Fsp3) is 0.600. The van der Waals surface area contributed by atoms with Crippen LogP contribution in [0.25, 0.3) is 0 Å². The molecule has 0 aliphatic carbocycles. The lowest BCUT2D eigenvalue weighted by molar-refractivity contribution is 0.237. The van der Waals surface area contributed by atoms with E-state index in [4.69, 9.17) is 21.1 Å². The van der Waals surface area contributed by atoms with Crippen molar-refractivity contribution in [1.29, 1.82) is 0 Å². The zero-order valence-electron chi connectivity index (χ0n) is 12.4. The van der Waals surface area contributed by atoms with Gasteiger partial charge >= 0.3 is 0 Å². The summed E-state index contributed by atoms with van der Waals surface area (Å²) in [6, 6.07) is 3.69. The van der Waals surface area contributed by atoms with Crippen molar-refractivity contribution in [2.24, 2.45) is 0 Å². The summed E-state index contributed by atoms with van der Waals surface area (Å²) >= 11 is 6.11. The van der Waals surface area contributed by atoms with Crippen LogP contribution in [0, 0.1) is 0 Å². The lowest BCUT2D eigenvalue weighted by atomic mass is 10.1. The Morgan fingerprint density at radius 3 is 2.65 bits per heavy atom. The first kappa shape index (κ1) is 17.1. The molecule has 0 radical (unpaired) electrons. The van der Waals surface area contributed by atoms with Crippen LogP contribution in [0.2, 0.25) is 5.02 Å². The van der Waals surface area contributed by atoms with Crippen molar-refractivity contribution in [2.75, 3.05) is 20.3 Å². The van der Waals surface area contributed by atoms with Crippen LogP contribution in [0.1, 0.15) is 32.3 Å². The fourth-order valence-electron chi connectivity index (χ4n) is 1.87. The average molecular weight is 302 g/mol. The van der Waals surface area contributed by atoms with Crippen LogP contribution in [0.15, 0.2) is 12.1 Å². The Kier molecular flexibility index (Phi) is 7.73. The molecule has 0 saturated carbocycles. The van der Waals surface area contributed by atoms with Crippen molar-refractivity contribution in [2.45, 2.75) is 39.3 Å². The molecule has 2 N–H and O–H groups in total. The Labute approximate surface area is 126 Å². The molecule has 4 nitrogen and oxygen atoms in total. The SMILES string of the molecule is CCCOc1c(CNC(CC)CO)cc(Cl)cc1OC. The second-order valence-corrected chi connectivity index (χ2v) is 5.05. The highest BCUT2D eigenvalue weighted by Crippen LogP contribution is 2.34. The molecule has 20 heavy (non-hydrogen) atoms. The predicted octanol–water partition coefficient (Wildman–Crippen LogP) is 3.00. The minimum absolute atomic E-state index is 0.0685. The summed E-state index contributed by atoms with van der Waals surface area (Å²) < 4.78 is 11.1. The maximum Gasteiger partial charge on any atom is 0.165 e. The largest absolute Gasteiger partial charge is 0.493 e. The lowest BCUT2D eigenvalue weighted by Crippen LogP contribution is -2.31. The number of rotatable bonds is 9. The Hall–Kier alpha value is -0.970. The van der Waals surface area contributed by atoms with E-state index in [0.29, 0.717) is 23.9 Å². The van der Waals surface area contributed by atoms with Crippen LogP contribution >= 0.6 is 11.6 Å². The van der Waals surface area contributed by atoms with Gasteiger partial charge in [-0.05, 0) is 18.9 Å². The second-order valence-electron chi connectivity index (χ2n) is 4.61. The minimum atomic E-state index is 0.0685. The maximum atomic E-state index is 9.23. The summed E-state index contributed by atoms with van der Waals surface area (Å²) in [5.41, 5.74) is 0.940. The fourth-order valence-corrected chi connectivity index (χ4v) is 2.10. The van der Waals surface area contributed by atoms with E-state index in [1.807, 2.05) is 13.0 Å². The zero-order chi connectivity index (χ0) is 15.0. The van der Waals surface area contributed by atoms with E-state index in [1.165, 1.54) is 0 Å². The molecule has 1 atom stereocenters. The van der Waals surface area contributed by atoms with Gasteiger partial charge in [0.05, 0.1) is 20.3 Å². The van der Waals surface area contributed by atoms with Crippen LogP contribution in [0.4, 0.5) is 0 Å². The van der Waals surface area contributed by atoms with Crippen molar-refractivity contribution in [1.82, 2.24) is 5.32 Å². The molecule has 0 bridgehead atoms. The van der Waals surface area contributed by atoms with Gasteiger partial charge in [0, 0.05) is 29.2 Å². The van der Waals surface area contributed by atoms with E-state index in [2.05, 4.69) is 12.2 Å². The Bertz CT molecular complexity index is 408. The third-order valence-corrected chi connectivity index (χ3v) is 3.28. The van der Waals surface area contributed by atoms with Gasteiger partial charge in [0.1, 0.15) is 0 Å². The van der Waals surface area contributed by atoms with Crippen molar-refractivity contribution in [3.8, 4) is 11.5 Å². The quantitative estimate of drug-likeness (QED) is 0.736. The summed E-state index contributed by atoms with van der Waals surface area (Å²) in [6.07, 6.45) is 1.78. The number of halogens is 1.